The Kier molecular flexibility index (Phi) is 2.07. The van der Waals surface area contributed by atoms with E-state index >= 15 is 0 Å². The molecule has 3 heteroatoms. The van der Waals surface area contributed by atoms with Gasteiger partial charge in [-0.15, -0.1) is 0 Å². The molecule has 0 atom stereocenters. The van der Waals surface area contributed by atoms with Crippen molar-refractivity contribution in [3.63, 3.8) is 0 Å². The molecule has 0 heterocycles. The lowest BCUT2D eigenvalue weighted by Crippen LogP contribution is -2.01. The number of benzene rings is 2. The van der Waals surface area contributed by atoms with E-state index in [1.54, 1.807) is 18.2 Å². The molecule has 2 aromatic carbocycles. The van der Waals surface area contributed by atoms with E-state index < -0.39 is 6.16 Å². The van der Waals surface area contributed by atoms with Gasteiger partial charge in [-0.05, 0) is 11.5 Å². The van der Waals surface area contributed by atoms with E-state index in [4.69, 9.17) is 0 Å². The summed E-state index contributed by atoms with van der Waals surface area (Å²) >= 11 is 0. The Balaban J connectivity index is 2.59. The minimum absolute atomic E-state index is 0.308. The third-order valence-electron chi connectivity index (χ3n) is 1.94. The smallest absolute Gasteiger partial charge is 0.392 e. The van der Waals surface area contributed by atoms with Crippen LogP contribution in [0.1, 0.15) is 0 Å². The molecule has 0 unspecified atom stereocenters. The van der Waals surface area contributed by atoms with Crippen LogP contribution in [-0.2, 0) is 5.11 Å². The van der Waals surface area contributed by atoms with Gasteiger partial charge in [0, 0.05) is 5.39 Å². The highest BCUT2D eigenvalue weighted by Crippen LogP contribution is 2.24. The maximum absolute atomic E-state index is 10.3. The second-order valence-electron chi connectivity index (χ2n) is 2.83. The van der Waals surface area contributed by atoms with Crippen LogP contribution in [0.3, 0.4) is 0 Å². The standard InChI is InChI=1S/C11H7O3/c12-11(13)14-10-7-3-5-8-4-1-2-6-9(8)10/h1-7H. The van der Waals surface area contributed by atoms with Crippen LogP contribution in [0.25, 0.3) is 10.8 Å². The summed E-state index contributed by atoms with van der Waals surface area (Å²) in [7, 11) is 0. The molecule has 69 valence electrons. The van der Waals surface area contributed by atoms with Crippen molar-refractivity contribution in [1.82, 2.24) is 0 Å². The van der Waals surface area contributed by atoms with Crippen LogP contribution in [0.15, 0.2) is 42.5 Å². The number of hydrogen-bond donors (Lipinski definition) is 0. The summed E-state index contributed by atoms with van der Waals surface area (Å²) in [5.74, 6) is 0.308. The van der Waals surface area contributed by atoms with Crippen LogP contribution in [-0.4, -0.2) is 6.16 Å². The average molecular weight is 187 g/mol. The molecule has 0 aliphatic rings. The highest BCUT2D eigenvalue weighted by Gasteiger charge is 2.06. The van der Waals surface area contributed by atoms with Gasteiger partial charge in [0.2, 0.25) is 0 Å². The molecular weight excluding hydrogens is 180 g/mol. The van der Waals surface area contributed by atoms with Gasteiger partial charge >= 0.3 is 6.16 Å². The summed E-state index contributed by atoms with van der Waals surface area (Å²) in [5, 5.41) is 12.0. The van der Waals surface area contributed by atoms with Crippen molar-refractivity contribution in [2.24, 2.45) is 0 Å². The molecule has 0 fully saturated rings. The number of hydrogen-bond acceptors (Lipinski definition) is 2. The van der Waals surface area contributed by atoms with E-state index in [0.717, 1.165) is 10.8 Å². The average Bonchev–Trinajstić information content (AvgIpc) is 2.18. The number of fused-ring (bicyclic) bond motifs is 1. The van der Waals surface area contributed by atoms with Gasteiger partial charge in [-0.1, -0.05) is 36.4 Å². The Labute approximate surface area is 80.5 Å². The zero-order chi connectivity index (χ0) is 9.97. The third kappa shape index (κ3) is 1.52. The summed E-state index contributed by atoms with van der Waals surface area (Å²) in [6.07, 6.45) is -1.54. The van der Waals surface area contributed by atoms with E-state index in [0.29, 0.717) is 5.75 Å². The zero-order valence-electron chi connectivity index (χ0n) is 7.27. The fraction of sp³-hybridized carbons (Fsp3) is 0. The molecule has 3 nitrogen and oxygen atoms in total. The molecule has 0 bridgehead atoms. The number of rotatable bonds is 1. The van der Waals surface area contributed by atoms with Gasteiger partial charge in [0.05, 0.1) is 0 Å². The summed E-state index contributed by atoms with van der Waals surface area (Å²) < 4.78 is 4.53. The minimum Gasteiger partial charge on any atom is -0.392 e. The van der Waals surface area contributed by atoms with Gasteiger partial charge in [0.1, 0.15) is 5.75 Å². The number of carbonyl (C=O) groups is 1. The van der Waals surface area contributed by atoms with Crippen LogP contribution in [0.4, 0.5) is 4.79 Å². The Morgan fingerprint density at radius 3 is 2.50 bits per heavy atom. The number of carbonyl (C=O) groups excluding carboxylic acids is 1. The van der Waals surface area contributed by atoms with Crippen molar-refractivity contribution < 1.29 is 14.6 Å². The van der Waals surface area contributed by atoms with E-state index in [1.807, 2.05) is 24.3 Å². The molecule has 2 aromatic rings. The highest BCUT2D eigenvalue weighted by atomic mass is 16.7. The molecule has 0 aliphatic heterocycles. The Morgan fingerprint density at radius 1 is 1.00 bits per heavy atom. The van der Waals surface area contributed by atoms with Gasteiger partial charge < -0.3 is 4.74 Å². The molecule has 1 radical (unpaired) electrons. The van der Waals surface area contributed by atoms with Crippen molar-refractivity contribution in [3.05, 3.63) is 42.5 Å². The first-order valence-corrected chi connectivity index (χ1v) is 4.14. The monoisotopic (exact) mass is 187 g/mol. The van der Waals surface area contributed by atoms with Gasteiger partial charge in [0.15, 0.2) is 0 Å². The molecular formula is C11H7O3. The quantitative estimate of drug-likeness (QED) is 0.509. The molecule has 0 aromatic heterocycles. The second kappa shape index (κ2) is 3.38. The van der Waals surface area contributed by atoms with E-state index in [-0.39, 0.29) is 0 Å². The van der Waals surface area contributed by atoms with Crippen LogP contribution in [0, 0.1) is 0 Å². The van der Waals surface area contributed by atoms with Gasteiger partial charge in [-0.2, -0.15) is 9.90 Å². The summed E-state index contributed by atoms with van der Waals surface area (Å²) in [4.78, 5) is 10.3. The van der Waals surface area contributed by atoms with Gasteiger partial charge in [-0.25, -0.2) is 0 Å². The third-order valence-corrected chi connectivity index (χ3v) is 1.94. The maximum atomic E-state index is 10.3. The maximum Gasteiger partial charge on any atom is 0.555 e. The zero-order valence-corrected chi connectivity index (χ0v) is 7.27. The van der Waals surface area contributed by atoms with Crippen molar-refractivity contribution in [2.75, 3.05) is 0 Å². The Bertz CT molecular complexity index is 471. The highest BCUT2D eigenvalue weighted by molar-refractivity contribution is 5.89. The van der Waals surface area contributed by atoms with E-state index in [9.17, 15) is 9.90 Å². The van der Waals surface area contributed by atoms with Crippen molar-refractivity contribution in [2.45, 2.75) is 0 Å². The van der Waals surface area contributed by atoms with E-state index in [1.165, 1.54) is 0 Å². The van der Waals surface area contributed by atoms with Gasteiger partial charge in [-0.3, -0.25) is 0 Å². The SMILES string of the molecule is [O]C(=O)Oc1cccc2ccccc12. The van der Waals surface area contributed by atoms with Crippen LogP contribution < -0.4 is 4.74 Å². The largest absolute Gasteiger partial charge is 0.555 e. The summed E-state index contributed by atoms with van der Waals surface area (Å²) in [6.45, 7) is 0. The second-order valence-corrected chi connectivity index (χ2v) is 2.83. The molecule has 0 spiro atoms. The lowest BCUT2D eigenvalue weighted by Gasteiger charge is -2.02. The minimum atomic E-state index is -1.54. The molecule has 0 saturated heterocycles. The van der Waals surface area contributed by atoms with Crippen molar-refractivity contribution in [1.29, 1.82) is 0 Å². The fourth-order valence-electron chi connectivity index (χ4n) is 1.37. The summed E-state index contributed by atoms with van der Waals surface area (Å²) in [5.41, 5.74) is 0. The predicted molar refractivity (Wildman–Crippen MR) is 50.7 cm³/mol. The van der Waals surface area contributed by atoms with Crippen LogP contribution in [0.2, 0.25) is 0 Å². The normalized spacial score (nSPS) is 10.0. The first-order chi connectivity index (χ1) is 6.77. The Morgan fingerprint density at radius 2 is 1.71 bits per heavy atom. The number of ether oxygens (including phenoxy) is 1. The lowest BCUT2D eigenvalue weighted by atomic mass is 10.1. The first-order valence-electron chi connectivity index (χ1n) is 4.14. The van der Waals surface area contributed by atoms with Crippen molar-refractivity contribution in [3.8, 4) is 5.75 Å². The van der Waals surface area contributed by atoms with Crippen LogP contribution >= 0.6 is 0 Å². The lowest BCUT2D eigenvalue weighted by molar-refractivity contribution is 0.118. The first kappa shape index (κ1) is 8.56. The van der Waals surface area contributed by atoms with Crippen LogP contribution in [0.5, 0.6) is 5.75 Å². The molecule has 0 amide bonds. The predicted octanol–water partition coefficient (Wildman–Crippen LogP) is 2.77. The molecule has 0 saturated carbocycles. The molecule has 0 N–H and O–H groups in total. The molecule has 0 aliphatic carbocycles. The molecule has 2 rings (SSSR count). The topological polar surface area (TPSA) is 46.2 Å². The Hall–Kier alpha value is -2.03. The fourth-order valence-corrected chi connectivity index (χ4v) is 1.37. The van der Waals surface area contributed by atoms with E-state index in [2.05, 4.69) is 4.74 Å². The van der Waals surface area contributed by atoms with Crippen molar-refractivity contribution >= 4 is 16.9 Å². The molecule has 14 heavy (non-hydrogen) atoms. The van der Waals surface area contributed by atoms with Gasteiger partial charge in [0.25, 0.3) is 0 Å². The summed E-state index contributed by atoms with van der Waals surface area (Å²) in [6, 6.07) is 12.6.